The van der Waals surface area contributed by atoms with Crippen molar-refractivity contribution in [2.24, 2.45) is 5.10 Å². The highest BCUT2D eigenvalue weighted by Gasteiger charge is 2.13. The van der Waals surface area contributed by atoms with Gasteiger partial charge in [0.1, 0.15) is 11.5 Å². The van der Waals surface area contributed by atoms with Crippen LogP contribution in [-0.4, -0.2) is 30.2 Å². The number of nitrogens with zero attached hydrogens (tertiary/aromatic N) is 2. The second-order valence-corrected chi connectivity index (χ2v) is 5.73. The van der Waals surface area contributed by atoms with Crippen LogP contribution in [0.1, 0.15) is 26.5 Å². The summed E-state index contributed by atoms with van der Waals surface area (Å²) in [5.41, 5.74) is 3.73. The number of pyridine rings is 1. The number of nitrogens with one attached hydrogen (secondary N) is 1. The van der Waals surface area contributed by atoms with Crippen LogP contribution in [0, 0.1) is 0 Å². The van der Waals surface area contributed by atoms with Crippen LogP contribution in [0.2, 0.25) is 5.02 Å². The number of hydrazone groups is 1. The van der Waals surface area contributed by atoms with E-state index in [0.29, 0.717) is 33.2 Å². The highest BCUT2D eigenvalue weighted by Crippen LogP contribution is 2.30. The highest BCUT2D eigenvalue weighted by molar-refractivity contribution is 6.33. The molecule has 0 radical (unpaired) electrons. The predicted molar refractivity (Wildman–Crippen MR) is 99.8 cm³/mol. The van der Waals surface area contributed by atoms with Crippen molar-refractivity contribution in [3.8, 4) is 11.3 Å². The number of halogens is 1. The van der Waals surface area contributed by atoms with Gasteiger partial charge in [-0.25, -0.2) is 10.2 Å². The fourth-order valence-corrected chi connectivity index (χ4v) is 2.46. The number of carbonyl (C=O) groups excluding carboxylic acids is 2. The number of carbonyl (C=O) groups is 2. The summed E-state index contributed by atoms with van der Waals surface area (Å²) in [6.45, 7) is 0. The Hall–Kier alpha value is -3.45. The van der Waals surface area contributed by atoms with E-state index >= 15 is 0 Å². The molecule has 0 saturated heterocycles. The van der Waals surface area contributed by atoms with Gasteiger partial charge in [0.2, 0.25) is 0 Å². The normalized spacial score (nSPS) is 10.7. The first-order valence-corrected chi connectivity index (χ1v) is 8.18. The molecule has 2 aromatic heterocycles. The molecular formula is C19H14ClN3O4. The molecule has 0 aliphatic carbocycles. The zero-order chi connectivity index (χ0) is 19.2. The van der Waals surface area contributed by atoms with Gasteiger partial charge in [0.25, 0.3) is 5.91 Å². The van der Waals surface area contributed by atoms with Crippen LogP contribution >= 0.6 is 11.6 Å². The number of hydrogen-bond donors (Lipinski definition) is 1. The molecule has 0 atom stereocenters. The summed E-state index contributed by atoms with van der Waals surface area (Å²) in [4.78, 5) is 27.4. The Bertz CT molecular complexity index is 999. The molecule has 0 aliphatic rings. The Labute approximate surface area is 159 Å². The first-order chi connectivity index (χ1) is 13.1. The maximum atomic E-state index is 11.9. The van der Waals surface area contributed by atoms with E-state index < -0.39 is 5.97 Å². The topological polar surface area (TPSA) is 93.8 Å². The SMILES string of the molecule is COC(=O)c1ccc(Cl)c(-c2ccc(/C=N\NC(=O)c3ccncc3)o2)c1. The van der Waals surface area contributed by atoms with Gasteiger partial charge in [-0.05, 0) is 42.5 Å². The molecule has 7 nitrogen and oxygen atoms in total. The minimum Gasteiger partial charge on any atom is -0.465 e. The van der Waals surface area contributed by atoms with Crippen LogP contribution in [-0.2, 0) is 4.74 Å². The molecule has 0 bridgehead atoms. The van der Waals surface area contributed by atoms with Gasteiger partial charge in [0, 0.05) is 23.5 Å². The summed E-state index contributed by atoms with van der Waals surface area (Å²) >= 11 is 6.19. The number of aromatic nitrogens is 1. The summed E-state index contributed by atoms with van der Waals surface area (Å²) in [6.07, 6.45) is 4.40. The third-order valence-corrected chi connectivity index (χ3v) is 3.91. The van der Waals surface area contributed by atoms with E-state index in [-0.39, 0.29) is 5.91 Å². The molecule has 1 aromatic carbocycles. The largest absolute Gasteiger partial charge is 0.465 e. The first kappa shape index (κ1) is 18.3. The lowest BCUT2D eigenvalue weighted by Gasteiger charge is -2.04. The standard InChI is InChI=1S/C19H14ClN3O4/c1-26-19(25)13-2-4-16(20)15(10-13)17-5-3-14(27-17)11-22-23-18(24)12-6-8-21-9-7-12/h2-11H,1H3,(H,23,24)/b22-11-. The first-order valence-electron chi connectivity index (χ1n) is 7.80. The van der Waals surface area contributed by atoms with Crippen LogP contribution in [0.5, 0.6) is 0 Å². The average Bonchev–Trinajstić information content (AvgIpc) is 3.17. The van der Waals surface area contributed by atoms with E-state index in [1.807, 2.05) is 0 Å². The Morgan fingerprint density at radius 1 is 1.15 bits per heavy atom. The molecule has 136 valence electrons. The van der Waals surface area contributed by atoms with Crippen LogP contribution in [0.4, 0.5) is 0 Å². The van der Waals surface area contributed by atoms with Crippen molar-refractivity contribution >= 4 is 29.7 Å². The van der Waals surface area contributed by atoms with Crippen molar-refractivity contribution < 1.29 is 18.7 Å². The monoisotopic (exact) mass is 383 g/mol. The number of esters is 1. The van der Waals surface area contributed by atoms with Crippen molar-refractivity contribution in [2.75, 3.05) is 7.11 Å². The van der Waals surface area contributed by atoms with Gasteiger partial charge >= 0.3 is 5.97 Å². The molecule has 2 heterocycles. The number of benzene rings is 1. The predicted octanol–water partition coefficient (Wildman–Crippen LogP) is 3.55. The molecule has 0 aliphatic heterocycles. The van der Waals surface area contributed by atoms with Crippen LogP contribution < -0.4 is 5.43 Å². The Kier molecular flexibility index (Phi) is 5.63. The zero-order valence-corrected chi connectivity index (χ0v) is 14.9. The van der Waals surface area contributed by atoms with Crippen molar-refractivity contribution in [1.29, 1.82) is 0 Å². The number of amides is 1. The van der Waals surface area contributed by atoms with Crippen molar-refractivity contribution in [3.63, 3.8) is 0 Å². The molecule has 8 heteroatoms. The van der Waals surface area contributed by atoms with Crippen LogP contribution in [0.25, 0.3) is 11.3 Å². The summed E-state index contributed by atoms with van der Waals surface area (Å²) < 4.78 is 10.4. The molecule has 3 rings (SSSR count). The molecule has 0 unspecified atom stereocenters. The average molecular weight is 384 g/mol. The molecule has 0 saturated carbocycles. The Morgan fingerprint density at radius 3 is 2.67 bits per heavy atom. The lowest BCUT2D eigenvalue weighted by atomic mass is 10.1. The maximum Gasteiger partial charge on any atom is 0.337 e. The van der Waals surface area contributed by atoms with Gasteiger partial charge in [-0.15, -0.1) is 0 Å². The number of ether oxygens (including phenoxy) is 1. The minimum absolute atomic E-state index is 0.355. The van der Waals surface area contributed by atoms with Gasteiger partial charge in [-0.1, -0.05) is 11.6 Å². The van der Waals surface area contributed by atoms with E-state index in [2.05, 4.69) is 15.5 Å². The molecule has 27 heavy (non-hydrogen) atoms. The fourth-order valence-electron chi connectivity index (χ4n) is 2.25. The smallest absolute Gasteiger partial charge is 0.337 e. The van der Waals surface area contributed by atoms with Crippen molar-refractivity contribution in [2.45, 2.75) is 0 Å². The number of hydrogen-bond acceptors (Lipinski definition) is 6. The molecule has 1 amide bonds. The fraction of sp³-hybridized carbons (Fsp3) is 0.0526. The molecule has 0 fully saturated rings. The van der Waals surface area contributed by atoms with E-state index in [4.69, 9.17) is 20.8 Å². The van der Waals surface area contributed by atoms with Gasteiger partial charge in [-0.3, -0.25) is 9.78 Å². The van der Waals surface area contributed by atoms with E-state index in [0.717, 1.165) is 0 Å². The van der Waals surface area contributed by atoms with Crippen LogP contribution in [0.15, 0.2) is 64.4 Å². The molecule has 3 aromatic rings. The quantitative estimate of drug-likeness (QED) is 0.413. The molecule has 1 N–H and O–H groups in total. The number of methoxy groups -OCH3 is 1. The van der Waals surface area contributed by atoms with Gasteiger partial charge in [-0.2, -0.15) is 5.10 Å². The summed E-state index contributed by atoms with van der Waals surface area (Å²) in [5.74, 6) is 0.0153. The molecule has 0 spiro atoms. The third-order valence-electron chi connectivity index (χ3n) is 3.58. The summed E-state index contributed by atoms with van der Waals surface area (Å²) in [7, 11) is 1.30. The Morgan fingerprint density at radius 2 is 1.93 bits per heavy atom. The second kappa shape index (κ2) is 8.29. The lowest BCUT2D eigenvalue weighted by molar-refractivity contribution is 0.0600. The second-order valence-electron chi connectivity index (χ2n) is 5.32. The number of rotatable bonds is 5. The van der Waals surface area contributed by atoms with E-state index in [1.54, 1.807) is 42.5 Å². The lowest BCUT2D eigenvalue weighted by Crippen LogP contribution is -2.17. The van der Waals surface area contributed by atoms with E-state index in [1.165, 1.54) is 25.7 Å². The highest BCUT2D eigenvalue weighted by atomic mass is 35.5. The van der Waals surface area contributed by atoms with Crippen molar-refractivity contribution in [3.05, 3.63) is 76.8 Å². The number of furan rings is 1. The third kappa shape index (κ3) is 4.39. The van der Waals surface area contributed by atoms with E-state index in [9.17, 15) is 9.59 Å². The van der Waals surface area contributed by atoms with Gasteiger partial charge in [0.15, 0.2) is 0 Å². The maximum absolute atomic E-state index is 11.9. The summed E-state index contributed by atoms with van der Waals surface area (Å²) in [6, 6.07) is 11.2. The minimum atomic E-state index is -0.472. The van der Waals surface area contributed by atoms with Gasteiger partial charge < -0.3 is 9.15 Å². The Balaban J connectivity index is 1.73. The van der Waals surface area contributed by atoms with Crippen molar-refractivity contribution in [1.82, 2.24) is 10.4 Å². The molecular weight excluding hydrogens is 370 g/mol. The summed E-state index contributed by atoms with van der Waals surface area (Å²) in [5, 5.41) is 4.28. The van der Waals surface area contributed by atoms with Crippen LogP contribution in [0.3, 0.4) is 0 Å². The zero-order valence-electron chi connectivity index (χ0n) is 14.2. The van der Waals surface area contributed by atoms with Gasteiger partial charge in [0.05, 0.1) is 23.9 Å².